The molecule has 0 saturated carbocycles. The molecular weight excluding hydrogens is 306 g/mol. The fraction of sp³-hybridized carbons (Fsp3) is 0.133. The maximum atomic E-state index is 12.2. The molecule has 0 amide bonds. The highest BCUT2D eigenvalue weighted by molar-refractivity contribution is 7.89. The largest absolute Gasteiger partial charge is 0.497 e. The molecule has 0 aliphatic carbocycles. The lowest BCUT2D eigenvalue weighted by Gasteiger charge is -2.08. The monoisotopic (exact) mass is 321 g/mol. The summed E-state index contributed by atoms with van der Waals surface area (Å²) in [5.41, 5.74) is 0.654. The fourth-order valence-corrected chi connectivity index (χ4v) is 2.90. The Morgan fingerprint density at radius 3 is 2.59 bits per heavy atom. The van der Waals surface area contributed by atoms with Gasteiger partial charge in [-0.2, -0.15) is 0 Å². The Morgan fingerprint density at radius 1 is 1.18 bits per heavy atom. The summed E-state index contributed by atoms with van der Waals surface area (Å²) in [6, 6.07) is 12.2. The van der Waals surface area contributed by atoms with Crippen molar-refractivity contribution < 1.29 is 23.1 Å². The van der Waals surface area contributed by atoms with Crippen molar-refractivity contribution in [3.05, 3.63) is 59.7 Å². The number of carboxylic acid groups (broad SMARTS) is 1. The van der Waals surface area contributed by atoms with Gasteiger partial charge in [0, 0.05) is 6.54 Å². The minimum Gasteiger partial charge on any atom is -0.497 e. The first kappa shape index (κ1) is 16.0. The molecular formula is C15H15NO5S. The van der Waals surface area contributed by atoms with Crippen molar-refractivity contribution in [2.75, 3.05) is 7.11 Å². The van der Waals surface area contributed by atoms with E-state index in [0.717, 1.165) is 11.6 Å². The van der Waals surface area contributed by atoms with Gasteiger partial charge >= 0.3 is 5.97 Å². The second-order valence-electron chi connectivity index (χ2n) is 4.51. The van der Waals surface area contributed by atoms with E-state index >= 15 is 0 Å². The second kappa shape index (κ2) is 6.59. The highest BCUT2D eigenvalue weighted by atomic mass is 32.2. The first-order chi connectivity index (χ1) is 10.4. The molecule has 0 aromatic heterocycles. The number of ether oxygens (including phenoxy) is 1. The van der Waals surface area contributed by atoms with E-state index in [1.165, 1.54) is 25.3 Å². The van der Waals surface area contributed by atoms with Crippen molar-refractivity contribution in [1.29, 1.82) is 0 Å². The summed E-state index contributed by atoms with van der Waals surface area (Å²) in [7, 11) is -2.26. The molecule has 2 N–H and O–H groups in total. The number of sulfonamides is 1. The van der Waals surface area contributed by atoms with Crippen molar-refractivity contribution in [1.82, 2.24) is 4.72 Å². The molecule has 0 spiro atoms. The molecule has 0 aliphatic heterocycles. The van der Waals surface area contributed by atoms with Crippen LogP contribution in [-0.2, 0) is 16.6 Å². The Hall–Kier alpha value is -2.38. The zero-order chi connectivity index (χ0) is 16.2. The highest BCUT2D eigenvalue weighted by Crippen LogP contribution is 2.15. The SMILES string of the molecule is COc1cccc(CNS(=O)(=O)c2cccc(C(=O)O)c2)c1. The quantitative estimate of drug-likeness (QED) is 0.847. The molecule has 2 rings (SSSR count). The standard InChI is InChI=1S/C15H15NO5S/c1-21-13-6-2-4-11(8-13)10-16-22(19,20)14-7-3-5-12(9-14)15(17)18/h2-9,16H,10H2,1H3,(H,17,18). The van der Waals surface area contributed by atoms with Gasteiger partial charge in [-0.3, -0.25) is 0 Å². The number of methoxy groups -OCH3 is 1. The number of carboxylic acids is 1. The minimum absolute atomic E-state index is 0.0794. The number of benzene rings is 2. The Balaban J connectivity index is 2.17. The Morgan fingerprint density at radius 2 is 1.91 bits per heavy atom. The topological polar surface area (TPSA) is 92.7 Å². The van der Waals surface area contributed by atoms with E-state index in [4.69, 9.17) is 9.84 Å². The molecule has 0 radical (unpaired) electrons. The normalized spacial score (nSPS) is 11.1. The van der Waals surface area contributed by atoms with Crippen LogP contribution in [-0.4, -0.2) is 26.6 Å². The van der Waals surface area contributed by atoms with E-state index in [0.29, 0.717) is 5.75 Å². The van der Waals surface area contributed by atoms with Gasteiger partial charge < -0.3 is 9.84 Å². The molecule has 2 aromatic rings. The maximum Gasteiger partial charge on any atom is 0.335 e. The average molecular weight is 321 g/mol. The Kier molecular flexibility index (Phi) is 4.79. The summed E-state index contributed by atoms with van der Waals surface area (Å²) in [6.07, 6.45) is 0. The lowest BCUT2D eigenvalue weighted by Crippen LogP contribution is -2.23. The third-order valence-electron chi connectivity index (χ3n) is 2.99. The van der Waals surface area contributed by atoms with E-state index in [2.05, 4.69) is 4.72 Å². The summed E-state index contributed by atoms with van der Waals surface area (Å²) in [5, 5.41) is 8.91. The van der Waals surface area contributed by atoms with Crippen LogP contribution in [0.4, 0.5) is 0 Å². The molecule has 2 aromatic carbocycles. The molecule has 7 heteroatoms. The summed E-state index contributed by atoms with van der Waals surface area (Å²) in [6.45, 7) is 0.0802. The van der Waals surface area contributed by atoms with Gasteiger partial charge in [-0.05, 0) is 35.9 Å². The zero-order valence-corrected chi connectivity index (χ0v) is 12.6. The number of aromatic carboxylic acids is 1. The van der Waals surface area contributed by atoms with Gasteiger partial charge in [0.2, 0.25) is 10.0 Å². The molecule has 0 heterocycles. The predicted molar refractivity (Wildman–Crippen MR) is 80.4 cm³/mol. The number of hydrogen-bond acceptors (Lipinski definition) is 4. The summed E-state index contributed by atoms with van der Waals surface area (Å²) < 4.78 is 31.9. The van der Waals surface area contributed by atoms with Gasteiger partial charge in [-0.1, -0.05) is 18.2 Å². The van der Waals surface area contributed by atoms with Crippen molar-refractivity contribution in [3.8, 4) is 5.75 Å². The first-order valence-electron chi connectivity index (χ1n) is 6.38. The highest BCUT2D eigenvalue weighted by Gasteiger charge is 2.15. The van der Waals surface area contributed by atoms with Crippen LogP contribution < -0.4 is 9.46 Å². The lowest BCUT2D eigenvalue weighted by atomic mass is 10.2. The summed E-state index contributed by atoms with van der Waals surface area (Å²) in [5.74, 6) is -0.547. The van der Waals surface area contributed by atoms with E-state index < -0.39 is 16.0 Å². The van der Waals surface area contributed by atoms with Crippen LogP contribution in [0.5, 0.6) is 5.75 Å². The van der Waals surface area contributed by atoms with Crippen molar-refractivity contribution in [2.24, 2.45) is 0 Å². The molecule has 0 atom stereocenters. The third-order valence-corrected chi connectivity index (χ3v) is 4.39. The molecule has 22 heavy (non-hydrogen) atoms. The van der Waals surface area contributed by atoms with Gasteiger partial charge in [-0.25, -0.2) is 17.9 Å². The lowest BCUT2D eigenvalue weighted by molar-refractivity contribution is 0.0696. The van der Waals surface area contributed by atoms with Crippen molar-refractivity contribution >= 4 is 16.0 Å². The van der Waals surface area contributed by atoms with Crippen LogP contribution in [0.15, 0.2) is 53.4 Å². The molecule has 0 fully saturated rings. The molecule has 0 aliphatic rings. The molecule has 0 unspecified atom stereocenters. The first-order valence-corrected chi connectivity index (χ1v) is 7.86. The van der Waals surface area contributed by atoms with E-state index in [1.54, 1.807) is 24.3 Å². The van der Waals surface area contributed by atoms with Crippen LogP contribution >= 0.6 is 0 Å². The number of rotatable bonds is 6. The molecule has 6 nitrogen and oxygen atoms in total. The third kappa shape index (κ3) is 3.84. The average Bonchev–Trinajstić information content (AvgIpc) is 2.53. The van der Waals surface area contributed by atoms with Crippen LogP contribution in [0.3, 0.4) is 0 Å². The Bertz CT molecular complexity index is 786. The van der Waals surface area contributed by atoms with Gasteiger partial charge in [0.05, 0.1) is 17.6 Å². The summed E-state index contributed by atoms with van der Waals surface area (Å²) in [4.78, 5) is 10.8. The van der Waals surface area contributed by atoms with Gasteiger partial charge in [0.1, 0.15) is 5.75 Å². The second-order valence-corrected chi connectivity index (χ2v) is 6.28. The van der Waals surface area contributed by atoms with Crippen molar-refractivity contribution in [3.63, 3.8) is 0 Å². The number of hydrogen-bond donors (Lipinski definition) is 2. The van der Waals surface area contributed by atoms with E-state index in [1.807, 2.05) is 0 Å². The minimum atomic E-state index is -3.79. The van der Waals surface area contributed by atoms with Crippen LogP contribution in [0.25, 0.3) is 0 Å². The van der Waals surface area contributed by atoms with Crippen LogP contribution in [0.2, 0.25) is 0 Å². The van der Waals surface area contributed by atoms with Gasteiger partial charge in [0.25, 0.3) is 0 Å². The van der Waals surface area contributed by atoms with Crippen LogP contribution in [0.1, 0.15) is 15.9 Å². The van der Waals surface area contributed by atoms with Gasteiger partial charge in [0.15, 0.2) is 0 Å². The maximum absolute atomic E-state index is 12.2. The summed E-state index contributed by atoms with van der Waals surface area (Å²) >= 11 is 0. The van der Waals surface area contributed by atoms with Crippen molar-refractivity contribution in [2.45, 2.75) is 11.4 Å². The molecule has 0 saturated heterocycles. The van der Waals surface area contributed by atoms with Gasteiger partial charge in [-0.15, -0.1) is 0 Å². The van der Waals surface area contributed by atoms with Crippen LogP contribution in [0, 0.1) is 0 Å². The predicted octanol–water partition coefficient (Wildman–Crippen LogP) is 1.87. The van der Waals surface area contributed by atoms with E-state index in [-0.39, 0.29) is 17.0 Å². The number of nitrogens with one attached hydrogen (secondary N) is 1. The zero-order valence-electron chi connectivity index (χ0n) is 11.8. The smallest absolute Gasteiger partial charge is 0.335 e. The fourth-order valence-electron chi connectivity index (χ4n) is 1.84. The molecule has 116 valence electrons. The van der Waals surface area contributed by atoms with E-state index in [9.17, 15) is 13.2 Å². The molecule has 0 bridgehead atoms. The Labute approximate surface area is 128 Å². The number of carbonyl (C=O) groups is 1.